The zero-order chi connectivity index (χ0) is 57.5. The first kappa shape index (κ1) is 61.7. The molecule has 1 aromatic heterocycles. The molecule has 22 nitrogen and oxygen atoms in total. The van der Waals surface area contributed by atoms with E-state index < -0.39 is 123 Å². The van der Waals surface area contributed by atoms with Crippen LogP contribution in [-0.2, 0) is 62.4 Å². The van der Waals surface area contributed by atoms with E-state index in [1.165, 1.54) is 24.3 Å². The van der Waals surface area contributed by atoms with E-state index in [0.717, 1.165) is 32.5 Å². The molecule has 0 aliphatic carbocycles. The minimum absolute atomic E-state index is 0.0134. The van der Waals surface area contributed by atoms with Gasteiger partial charge in [-0.15, -0.1) is 0 Å². The number of hydrogen-bond acceptors (Lipinski definition) is 14. The first-order valence-corrected chi connectivity index (χ1v) is 27.7. The van der Waals surface area contributed by atoms with Crippen LogP contribution in [0.1, 0.15) is 83.9 Å². The number of aromatic hydroxyl groups is 1. The molecule has 1 saturated heterocycles. The van der Waals surface area contributed by atoms with Gasteiger partial charge in [-0.25, -0.2) is 4.79 Å². The Morgan fingerprint density at radius 2 is 1.19 bits per heavy atom. The fourth-order valence-corrected chi connectivity index (χ4v) is 11.5. The molecule has 24 heteroatoms. The van der Waals surface area contributed by atoms with E-state index in [2.05, 4.69) is 42.2 Å². The summed E-state index contributed by atoms with van der Waals surface area (Å²) in [6, 6.07) is 9.77. The van der Waals surface area contributed by atoms with Crippen molar-refractivity contribution in [2.75, 3.05) is 6.54 Å². The summed E-state index contributed by atoms with van der Waals surface area (Å²) < 4.78 is -2.91. The number of unbranched alkanes of at least 4 members (excludes halogenated alkanes) is 1. The average molecular weight is 1120 g/mol. The number of hydrogen-bond donors (Lipinski definition) is 13. The molecule has 0 radical (unpaired) electrons. The summed E-state index contributed by atoms with van der Waals surface area (Å²) in [7, 11) is 1.95. The highest BCUT2D eigenvalue weighted by molar-refractivity contribution is 8.77. The molecule has 4 aromatic rings. The van der Waals surface area contributed by atoms with Gasteiger partial charge in [0.05, 0.1) is 12.5 Å². The number of amides is 7. The number of phenols is 1. The number of fused-ring (bicyclic) bond motifs is 1. The molecule has 5 rings (SSSR count). The zero-order valence-electron chi connectivity index (χ0n) is 44.4. The van der Waals surface area contributed by atoms with Crippen LogP contribution in [0.2, 0.25) is 0 Å². The van der Waals surface area contributed by atoms with Crippen LogP contribution in [0.3, 0.4) is 0 Å². The van der Waals surface area contributed by atoms with Gasteiger partial charge in [0.2, 0.25) is 41.4 Å². The van der Waals surface area contributed by atoms with Gasteiger partial charge >= 0.3 is 11.9 Å². The topological polar surface area (TPSA) is 366 Å². The van der Waals surface area contributed by atoms with Crippen molar-refractivity contribution in [3.63, 3.8) is 0 Å². The number of rotatable bonds is 18. The number of carbonyl (C=O) groups excluding carboxylic acids is 7. The summed E-state index contributed by atoms with van der Waals surface area (Å²) in [5.74, 6) is -9.70. The van der Waals surface area contributed by atoms with E-state index in [9.17, 15) is 53.7 Å². The molecule has 0 bridgehead atoms. The number of para-hydroxylation sites is 1. The van der Waals surface area contributed by atoms with Crippen molar-refractivity contribution in [3.8, 4) is 5.75 Å². The first-order valence-electron chi connectivity index (χ1n) is 25.6. The Labute approximate surface area is 460 Å². The lowest BCUT2D eigenvalue weighted by Gasteiger charge is -2.39. The van der Waals surface area contributed by atoms with Crippen molar-refractivity contribution in [2.24, 2.45) is 17.4 Å². The van der Waals surface area contributed by atoms with Crippen LogP contribution in [0.25, 0.3) is 10.9 Å². The van der Waals surface area contributed by atoms with Crippen molar-refractivity contribution in [2.45, 2.75) is 144 Å². The molecule has 8 atom stereocenters. The Morgan fingerprint density at radius 3 is 1.78 bits per heavy atom. The molecule has 0 spiro atoms. The lowest BCUT2D eigenvalue weighted by Crippen LogP contribution is -2.64. The van der Waals surface area contributed by atoms with Crippen LogP contribution in [0.5, 0.6) is 5.75 Å². The number of carboxylic acids is 2. The van der Waals surface area contributed by atoms with Gasteiger partial charge in [-0.1, -0.05) is 96.1 Å². The number of nitrogens with two attached hydrogens (primary N) is 2. The third kappa shape index (κ3) is 17.4. The van der Waals surface area contributed by atoms with Crippen molar-refractivity contribution >= 4 is 85.8 Å². The summed E-state index contributed by atoms with van der Waals surface area (Å²) in [6.07, 6.45) is 1.18. The SMILES string of the molecule is CC(C)[C@H](NC(=O)[C@@H]1NC(=O)[C@H](Cc2ccc(O)cc2)NC(=O)[C@H](CCCCN)NC(=O)[C@H](Cc2c[nH]c3ccccc23)NC(=O)[C@H](Cc2ccccc2)NC(=O)[C@H](NC(=O)[C@@H](N)CC(=O)O)C(C)(C)SSC1(C)C)C(=O)O. The second-order valence-electron chi connectivity index (χ2n) is 20.7. The quantitative estimate of drug-likeness (QED) is 0.0500. The number of H-pyrrole nitrogens is 1. The van der Waals surface area contributed by atoms with E-state index in [0.29, 0.717) is 29.5 Å². The summed E-state index contributed by atoms with van der Waals surface area (Å²) in [4.78, 5) is 130. The molecule has 1 fully saturated rings. The third-order valence-electron chi connectivity index (χ3n) is 13.2. The Morgan fingerprint density at radius 1 is 0.667 bits per heavy atom. The van der Waals surface area contributed by atoms with E-state index in [4.69, 9.17) is 11.5 Å². The van der Waals surface area contributed by atoms with Crippen LogP contribution >= 0.6 is 21.6 Å². The normalized spacial score (nSPS) is 22.3. The minimum atomic E-state index is -1.63. The predicted octanol–water partition coefficient (Wildman–Crippen LogP) is 1.92. The second kappa shape index (κ2) is 27.9. The number of carbonyl (C=O) groups is 9. The number of aromatic amines is 1. The van der Waals surface area contributed by atoms with Gasteiger partial charge < -0.3 is 69.0 Å². The maximum Gasteiger partial charge on any atom is 0.326 e. The minimum Gasteiger partial charge on any atom is -0.508 e. The molecular weight excluding hydrogens is 1040 g/mol. The molecule has 3 aromatic carbocycles. The molecular formula is C54H72N10O12S2. The molecule has 2 heterocycles. The van der Waals surface area contributed by atoms with Gasteiger partial charge in [0.25, 0.3) is 0 Å². The van der Waals surface area contributed by atoms with Gasteiger partial charge in [-0.3, -0.25) is 38.4 Å². The van der Waals surface area contributed by atoms with Gasteiger partial charge in [0.1, 0.15) is 48.0 Å². The molecule has 1 aliphatic heterocycles. The van der Waals surface area contributed by atoms with Gasteiger partial charge in [0, 0.05) is 45.9 Å². The molecule has 78 heavy (non-hydrogen) atoms. The highest BCUT2D eigenvalue weighted by atomic mass is 33.1. The predicted molar refractivity (Wildman–Crippen MR) is 296 cm³/mol. The van der Waals surface area contributed by atoms with E-state index in [-0.39, 0.29) is 38.0 Å². The maximum absolute atomic E-state index is 15.0. The van der Waals surface area contributed by atoms with E-state index in [1.54, 1.807) is 84.1 Å². The fourth-order valence-electron chi connectivity index (χ4n) is 8.64. The molecule has 0 unspecified atom stereocenters. The van der Waals surface area contributed by atoms with Crippen LogP contribution < -0.4 is 48.7 Å². The first-order chi connectivity index (χ1) is 36.8. The monoisotopic (exact) mass is 1120 g/mol. The largest absolute Gasteiger partial charge is 0.508 e. The van der Waals surface area contributed by atoms with Gasteiger partial charge in [0.15, 0.2) is 0 Å². The van der Waals surface area contributed by atoms with Crippen LogP contribution in [0.4, 0.5) is 0 Å². The summed E-state index contributed by atoms with van der Waals surface area (Å²) >= 11 is 0. The molecule has 1 aliphatic rings. The van der Waals surface area contributed by atoms with Crippen molar-refractivity contribution < 1.29 is 58.5 Å². The van der Waals surface area contributed by atoms with Crippen molar-refractivity contribution in [3.05, 3.63) is 102 Å². The Bertz CT molecular complexity index is 2780. The van der Waals surface area contributed by atoms with Gasteiger partial charge in [-0.2, -0.15) is 0 Å². The molecule has 0 saturated carbocycles. The lowest BCUT2D eigenvalue weighted by atomic mass is 9.98. The number of benzene rings is 3. The molecule has 422 valence electrons. The number of carboxylic acid groups (broad SMARTS) is 2. The number of phenolic OH excluding ortho intramolecular Hbond substituents is 1. The molecule has 15 N–H and O–H groups in total. The summed E-state index contributed by atoms with van der Waals surface area (Å²) in [5, 5.41) is 49.6. The second-order valence-corrected chi connectivity index (χ2v) is 24.1. The number of nitrogens with one attached hydrogen (secondary N) is 8. The molecule has 7 amide bonds. The third-order valence-corrected chi connectivity index (χ3v) is 17.4. The van der Waals surface area contributed by atoms with Crippen LogP contribution in [-0.4, -0.2) is 138 Å². The Kier molecular flexibility index (Phi) is 22.1. The van der Waals surface area contributed by atoms with Crippen LogP contribution in [0, 0.1) is 5.92 Å². The van der Waals surface area contributed by atoms with E-state index in [1.807, 2.05) is 18.2 Å². The lowest BCUT2D eigenvalue weighted by molar-refractivity contribution is -0.143. The fraction of sp³-hybridized carbons (Fsp3) is 0.463. The summed E-state index contributed by atoms with van der Waals surface area (Å²) in [5.41, 5.74) is 14.3. The zero-order valence-corrected chi connectivity index (χ0v) is 46.1. The Balaban J connectivity index is 1.71. The average Bonchev–Trinajstić information content (AvgIpc) is 3.81. The smallest absolute Gasteiger partial charge is 0.326 e. The van der Waals surface area contributed by atoms with E-state index >= 15 is 4.79 Å². The number of aliphatic carboxylic acids is 2. The highest BCUT2D eigenvalue weighted by Gasteiger charge is 2.46. The Hall–Kier alpha value is -7.15. The standard InChI is InChI=1S/C54H72N10O12S2/c1-29(2)42(52(75)76)62-51(74)44-54(5,6)78-77-53(3,4)43(63-45(68)35(56)27-41(66)67)50(73)61-38(24-30-14-8-7-9-15-30)47(70)60-40(26-32-28-57-36-17-11-10-16-34(32)36)48(71)58-37(18-12-13-23-55)46(69)59-39(49(72)64-44)25-31-19-21-33(65)22-20-31/h7-11,14-17,19-22,28-29,35,37-40,42-44,57,65H,12-13,18,23-27,55-56H2,1-6H3,(H,58,71)(H,59,69)(H,60,70)(H,61,73)(H,62,74)(H,63,68)(H,64,72)(H,66,67)(H,75,76)/t35-,37-,38-,39-,40-,42-,43-,44-/m0/s1. The van der Waals surface area contributed by atoms with Crippen molar-refractivity contribution in [1.29, 1.82) is 0 Å². The maximum atomic E-state index is 15.0. The highest BCUT2D eigenvalue weighted by Crippen LogP contribution is 2.47. The summed E-state index contributed by atoms with van der Waals surface area (Å²) in [6.45, 7) is 9.67. The van der Waals surface area contributed by atoms with Crippen LogP contribution in [0.15, 0.2) is 85.1 Å². The number of aromatic nitrogens is 1. The van der Waals surface area contributed by atoms with Crippen molar-refractivity contribution in [1.82, 2.24) is 42.2 Å². The van der Waals surface area contributed by atoms with Gasteiger partial charge in [-0.05, 0) is 94.3 Å².